The van der Waals surface area contributed by atoms with Crippen LogP contribution in [-0.2, 0) is 5.41 Å². The summed E-state index contributed by atoms with van der Waals surface area (Å²) in [5.74, 6) is 0.643. The molecule has 2 rings (SSSR count). The van der Waals surface area contributed by atoms with E-state index in [1.807, 2.05) is 18.2 Å². The average molecular weight is 248 g/mol. The Morgan fingerprint density at radius 1 is 1.06 bits per heavy atom. The van der Waals surface area contributed by atoms with Gasteiger partial charge in [-0.1, -0.05) is 32.4 Å². The highest BCUT2D eigenvalue weighted by atomic mass is 35.5. The maximum absolute atomic E-state index is 6.04. The van der Waals surface area contributed by atoms with Gasteiger partial charge in [-0.25, -0.2) is 9.97 Å². The smallest absolute Gasteiger partial charge is 0.161 e. The third-order valence-electron chi connectivity index (χ3n) is 2.40. The lowest BCUT2D eigenvalue weighted by Gasteiger charge is -2.18. The molecule has 17 heavy (non-hydrogen) atoms. The molecule has 2 heterocycles. The van der Waals surface area contributed by atoms with E-state index in [1.165, 1.54) is 0 Å². The van der Waals surface area contributed by atoms with Crippen molar-refractivity contribution in [2.24, 2.45) is 0 Å². The first-order valence-corrected chi connectivity index (χ1v) is 5.80. The minimum atomic E-state index is -0.0473. The third-order valence-corrected chi connectivity index (χ3v) is 2.60. The lowest BCUT2D eigenvalue weighted by Crippen LogP contribution is -2.14. The fraction of sp³-hybridized carbons (Fsp3) is 0.308. The summed E-state index contributed by atoms with van der Waals surface area (Å²) in [6, 6.07) is 5.56. The van der Waals surface area contributed by atoms with E-state index in [0.717, 1.165) is 11.3 Å². The lowest BCUT2D eigenvalue weighted by atomic mass is 9.92. The van der Waals surface area contributed by atoms with Crippen molar-refractivity contribution in [3.63, 3.8) is 0 Å². The average Bonchev–Trinajstić information content (AvgIpc) is 2.28. The van der Waals surface area contributed by atoms with Gasteiger partial charge in [-0.2, -0.15) is 0 Å². The van der Waals surface area contributed by atoms with Crippen LogP contribution in [0.3, 0.4) is 0 Å². The molecular weight excluding hydrogens is 234 g/mol. The summed E-state index contributed by atoms with van der Waals surface area (Å²) in [5, 5.41) is 0.469. The molecule has 0 aliphatic heterocycles. The molecule has 0 N–H and O–H groups in total. The first-order chi connectivity index (χ1) is 7.97. The second kappa shape index (κ2) is 4.41. The Morgan fingerprint density at radius 3 is 2.29 bits per heavy atom. The third kappa shape index (κ3) is 2.80. The van der Waals surface area contributed by atoms with E-state index in [4.69, 9.17) is 11.6 Å². The molecule has 0 unspecified atom stereocenters. The number of pyridine rings is 1. The Morgan fingerprint density at radius 2 is 1.71 bits per heavy atom. The summed E-state index contributed by atoms with van der Waals surface area (Å²) >= 11 is 6.04. The molecule has 88 valence electrons. The normalized spacial score (nSPS) is 11.5. The second-order valence-electron chi connectivity index (χ2n) is 4.89. The number of aromatic nitrogens is 3. The van der Waals surface area contributed by atoms with Gasteiger partial charge in [-0.3, -0.25) is 4.98 Å². The maximum Gasteiger partial charge on any atom is 0.161 e. The van der Waals surface area contributed by atoms with Crippen LogP contribution >= 0.6 is 11.6 Å². The molecule has 0 saturated heterocycles. The maximum atomic E-state index is 6.04. The van der Waals surface area contributed by atoms with Gasteiger partial charge in [0.1, 0.15) is 5.15 Å². The molecule has 0 spiro atoms. The number of halogens is 1. The number of nitrogens with zero attached hydrogens (tertiary/aromatic N) is 3. The highest BCUT2D eigenvalue weighted by Gasteiger charge is 2.17. The molecule has 0 amide bonds. The van der Waals surface area contributed by atoms with Gasteiger partial charge in [0, 0.05) is 23.4 Å². The topological polar surface area (TPSA) is 38.7 Å². The zero-order valence-electron chi connectivity index (χ0n) is 10.1. The summed E-state index contributed by atoms with van der Waals surface area (Å²) in [4.78, 5) is 12.8. The zero-order chi connectivity index (χ0) is 12.5. The molecule has 0 aliphatic carbocycles. The van der Waals surface area contributed by atoms with Gasteiger partial charge < -0.3 is 0 Å². The van der Waals surface area contributed by atoms with E-state index in [-0.39, 0.29) is 5.41 Å². The van der Waals surface area contributed by atoms with Crippen LogP contribution in [0.25, 0.3) is 11.4 Å². The van der Waals surface area contributed by atoms with Crippen molar-refractivity contribution < 1.29 is 0 Å². The minimum Gasteiger partial charge on any atom is -0.265 e. The summed E-state index contributed by atoms with van der Waals surface area (Å²) in [6.07, 6.45) is 3.44. The first kappa shape index (κ1) is 12.0. The van der Waals surface area contributed by atoms with E-state index in [9.17, 15) is 0 Å². The second-order valence-corrected chi connectivity index (χ2v) is 5.27. The van der Waals surface area contributed by atoms with Gasteiger partial charge in [0.15, 0.2) is 5.82 Å². The standard InChI is InChI=1S/C13H14ClN3/c1-13(2,3)10-8-11(14)17-12(16-10)9-4-6-15-7-5-9/h4-8H,1-3H3. The van der Waals surface area contributed by atoms with E-state index in [1.54, 1.807) is 12.4 Å². The fourth-order valence-electron chi connectivity index (χ4n) is 1.43. The van der Waals surface area contributed by atoms with E-state index in [0.29, 0.717) is 11.0 Å². The van der Waals surface area contributed by atoms with Crippen molar-refractivity contribution in [1.82, 2.24) is 15.0 Å². The monoisotopic (exact) mass is 247 g/mol. The minimum absolute atomic E-state index is 0.0473. The predicted molar refractivity (Wildman–Crippen MR) is 69.0 cm³/mol. The molecule has 0 aromatic carbocycles. The Hall–Kier alpha value is -1.48. The molecule has 0 radical (unpaired) electrons. The molecule has 0 aliphatic rings. The van der Waals surface area contributed by atoms with Crippen molar-refractivity contribution in [1.29, 1.82) is 0 Å². The zero-order valence-corrected chi connectivity index (χ0v) is 10.9. The molecule has 0 atom stereocenters. The highest BCUT2D eigenvalue weighted by molar-refractivity contribution is 6.29. The molecule has 3 nitrogen and oxygen atoms in total. The molecule has 0 bridgehead atoms. The Bertz CT molecular complexity index is 518. The molecule has 2 aromatic rings. The van der Waals surface area contributed by atoms with Gasteiger partial charge in [-0.05, 0) is 18.2 Å². The van der Waals surface area contributed by atoms with Crippen LogP contribution in [0.5, 0.6) is 0 Å². The summed E-state index contributed by atoms with van der Waals surface area (Å²) < 4.78 is 0. The van der Waals surface area contributed by atoms with Crippen LogP contribution in [0.1, 0.15) is 26.5 Å². The van der Waals surface area contributed by atoms with Crippen LogP contribution < -0.4 is 0 Å². The fourth-order valence-corrected chi connectivity index (χ4v) is 1.62. The summed E-state index contributed by atoms with van der Waals surface area (Å²) in [6.45, 7) is 6.30. The van der Waals surface area contributed by atoms with Crippen molar-refractivity contribution >= 4 is 11.6 Å². The van der Waals surface area contributed by atoms with E-state index < -0.39 is 0 Å². The van der Waals surface area contributed by atoms with Gasteiger partial charge in [0.2, 0.25) is 0 Å². The van der Waals surface area contributed by atoms with Gasteiger partial charge in [0.25, 0.3) is 0 Å². The Balaban J connectivity index is 2.54. The summed E-state index contributed by atoms with van der Waals surface area (Å²) in [5.41, 5.74) is 1.81. The number of rotatable bonds is 1. The van der Waals surface area contributed by atoms with Crippen molar-refractivity contribution in [3.8, 4) is 11.4 Å². The molecule has 0 fully saturated rings. The van der Waals surface area contributed by atoms with E-state index >= 15 is 0 Å². The van der Waals surface area contributed by atoms with Gasteiger partial charge in [0.05, 0.1) is 5.69 Å². The Kier molecular flexibility index (Phi) is 3.11. The van der Waals surface area contributed by atoms with Crippen LogP contribution in [0.2, 0.25) is 5.15 Å². The highest BCUT2D eigenvalue weighted by Crippen LogP contribution is 2.25. The molecular formula is C13H14ClN3. The van der Waals surface area contributed by atoms with Crippen LogP contribution in [-0.4, -0.2) is 15.0 Å². The van der Waals surface area contributed by atoms with Crippen molar-refractivity contribution in [2.45, 2.75) is 26.2 Å². The summed E-state index contributed by atoms with van der Waals surface area (Å²) in [7, 11) is 0. The SMILES string of the molecule is CC(C)(C)c1cc(Cl)nc(-c2ccncc2)n1. The molecule has 2 aromatic heterocycles. The van der Waals surface area contributed by atoms with Crippen molar-refractivity contribution in [3.05, 3.63) is 41.4 Å². The van der Waals surface area contributed by atoms with Crippen molar-refractivity contribution in [2.75, 3.05) is 0 Å². The predicted octanol–water partition coefficient (Wildman–Crippen LogP) is 3.49. The molecule has 0 saturated carbocycles. The van der Waals surface area contributed by atoms with Crippen LogP contribution in [0.15, 0.2) is 30.6 Å². The van der Waals surface area contributed by atoms with Crippen LogP contribution in [0.4, 0.5) is 0 Å². The molecule has 4 heteroatoms. The largest absolute Gasteiger partial charge is 0.265 e. The van der Waals surface area contributed by atoms with Gasteiger partial charge >= 0.3 is 0 Å². The van der Waals surface area contributed by atoms with Gasteiger partial charge in [-0.15, -0.1) is 0 Å². The Labute approximate surface area is 106 Å². The van der Waals surface area contributed by atoms with E-state index in [2.05, 4.69) is 35.7 Å². The first-order valence-electron chi connectivity index (χ1n) is 5.42. The number of hydrogen-bond acceptors (Lipinski definition) is 3. The number of hydrogen-bond donors (Lipinski definition) is 0. The lowest BCUT2D eigenvalue weighted by molar-refractivity contribution is 0.568. The van der Waals surface area contributed by atoms with Crippen LogP contribution in [0, 0.1) is 0 Å². The quantitative estimate of drug-likeness (QED) is 0.724.